The minimum absolute atomic E-state index is 0.389. The Morgan fingerprint density at radius 2 is 2.00 bits per heavy atom. The highest BCUT2D eigenvalue weighted by molar-refractivity contribution is 5.98. The summed E-state index contributed by atoms with van der Waals surface area (Å²) in [6.45, 7) is 2.08. The number of rotatable bonds is 6. The summed E-state index contributed by atoms with van der Waals surface area (Å²) < 4.78 is 4.82. The number of terminal acetylenes is 1. The van der Waals surface area contributed by atoms with E-state index in [1.165, 1.54) is 12.7 Å². The molecule has 0 aliphatic carbocycles. The summed E-state index contributed by atoms with van der Waals surface area (Å²) in [6, 6.07) is 7.97. The molecule has 1 aromatic carbocycles. The first kappa shape index (κ1) is 17.6. The summed E-state index contributed by atoms with van der Waals surface area (Å²) in [6.07, 6.45) is 11.3. The predicted molar refractivity (Wildman–Crippen MR) is 90.9 cm³/mol. The van der Waals surface area contributed by atoms with E-state index in [1.807, 2.05) is 24.3 Å². The minimum Gasteiger partial charge on any atom is -0.465 e. The minimum atomic E-state index is -0.401. The van der Waals surface area contributed by atoms with Crippen LogP contribution >= 0.6 is 0 Å². The molecule has 1 aromatic rings. The van der Waals surface area contributed by atoms with Crippen LogP contribution in [0.3, 0.4) is 0 Å². The number of hydrogen-bond donors (Lipinski definition) is 0. The number of carbonyl (C=O) groups is 1. The molecule has 0 radical (unpaired) electrons. The third-order valence-corrected chi connectivity index (χ3v) is 3.24. The van der Waals surface area contributed by atoms with Crippen LogP contribution in [-0.2, 0) is 16.0 Å². The van der Waals surface area contributed by atoms with Crippen molar-refractivity contribution < 1.29 is 9.53 Å². The number of methoxy groups -OCH3 is 1. The third kappa shape index (κ3) is 5.90. The molecule has 0 atom stereocenters. The molecule has 0 fully saturated rings. The second-order valence-corrected chi connectivity index (χ2v) is 4.81. The van der Waals surface area contributed by atoms with E-state index in [2.05, 4.69) is 24.7 Å². The standard InChI is InChI=1S/C20H22O2/c1-4-6-7-8-9-10-15-19(20(21)22-3)16-18-14-12-11-13-17(18)5-2/h1,11-14,16H,5-9H2,2-3H3. The molecule has 2 nitrogen and oxygen atoms in total. The molecule has 0 aliphatic rings. The Morgan fingerprint density at radius 1 is 1.27 bits per heavy atom. The Morgan fingerprint density at radius 3 is 2.68 bits per heavy atom. The van der Waals surface area contributed by atoms with Crippen molar-refractivity contribution >= 4 is 12.0 Å². The summed E-state index contributed by atoms with van der Waals surface area (Å²) in [7, 11) is 1.37. The van der Waals surface area contributed by atoms with E-state index in [4.69, 9.17) is 11.2 Å². The molecule has 0 N–H and O–H groups in total. The Hall–Kier alpha value is -2.45. The second kappa shape index (κ2) is 10.3. The van der Waals surface area contributed by atoms with Gasteiger partial charge in [-0.05, 0) is 36.5 Å². The lowest BCUT2D eigenvalue weighted by Crippen LogP contribution is -2.03. The lowest BCUT2D eigenvalue weighted by Gasteiger charge is -2.04. The first-order valence-corrected chi connectivity index (χ1v) is 7.53. The quantitative estimate of drug-likeness (QED) is 0.343. The Bertz CT molecular complexity index is 621. The summed E-state index contributed by atoms with van der Waals surface area (Å²) >= 11 is 0. The molecule has 0 saturated carbocycles. The molecule has 0 bridgehead atoms. The van der Waals surface area contributed by atoms with E-state index in [1.54, 1.807) is 6.08 Å². The van der Waals surface area contributed by atoms with Gasteiger partial charge in [-0.25, -0.2) is 4.79 Å². The van der Waals surface area contributed by atoms with Crippen molar-refractivity contribution in [3.05, 3.63) is 41.0 Å². The van der Waals surface area contributed by atoms with Gasteiger partial charge in [0.05, 0.1) is 7.11 Å². The lowest BCUT2D eigenvalue weighted by atomic mass is 10.0. The van der Waals surface area contributed by atoms with Crippen molar-refractivity contribution in [3.8, 4) is 24.2 Å². The van der Waals surface area contributed by atoms with Gasteiger partial charge in [0.15, 0.2) is 0 Å². The van der Waals surface area contributed by atoms with Crippen molar-refractivity contribution in [1.82, 2.24) is 0 Å². The Kier molecular flexibility index (Phi) is 8.24. The highest BCUT2D eigenvalue weighted by Gasteiger charge is 2.07. The smallest absolute Gasteiger partial charge is 0.346 e. The molecule has 0 unspecified atom stereocenters. The normalized spacial score (nSPS) is 10.3. The summed E-state index contributed by atoms with van der Waals surface area (Å²) in [5, 5.41) is 0. The van der Waals surface area contributed by atoms with Crippen LogP contribution in [0.25, 0.3) is 6.08 Å². The van der Waals surface area contributed by atoms with Crippen LogP contribution in [0.5, 0.6) is 0 Å². The van der Waals surface area contributed by atoms with E-state index >= 15 is 0 Å². The molecule has 1 rings (SSSR count). The molecule has 22 heavy (non-hydrogen) atoms. The molecule has 0 aliphatic heterocycles. The van der Waals surface area contributed by atoms with Gasteiger partial charge in [0.2, 0.25) is 0 Å². The Balaban J connectivity index is 2.90. The van der Waals surface area contributed by atoms with Gasteiger partial charge >= 0.3 is 5.97 Å². The van der Waals surface area contributed by atoms with E-state index in [0.29, 0.717) is 5.57 Å². The van der Waals surface area contributed by atoms with Crippen molar-refractivity contribution in [2.24, 2.45) is 0 Å². The zero-order valence-electron chi connectivity index (χ0n) is 13.3. The topological polar surface area (TPSA) is 26.3 Å². The first-order chi connectivity index (χ1) is 10.7. The number of hydrogen-bond acceptors (Lipinski definition) is 2. The molecule has 0 spiro atoms. The SMILES string of the molecule is C#CCCCCC#CC(=Cc1ccccc1CC)C(=O)OC. The van der Waals surface area contributed by atoms with Gasteiger partial charge in [-0.15, -0.1) is 12.3 Å². The molecule has 114 valence electrons. The fourth-order valence-electron chi connectivity index (χ4n) is 2.01. The van der Waals surface area contributed by atoms with Crippen molar-refractivity contribution in [2.45, 2.75) is 39.0 Å². The van der Waals surface area contributed by atoms with Crippen LogP contribution in [0.1, 0.15) is 43.7 Å². The van der Waals surface area contributed by atoms with Gasteiger partial charge in [0, 0.05) is 12.8 Å². The van der Waals surface area contributed by atoms with Crippen molar-refractivity contribution in [2.75, 3.05) is 7.11 Å². The maximum absolute atomic E-state index is 11.9. The molecular formula is C20H22O2. The van der Waals surface area contributed by atoms with Gasteiger partial charge < -0.3 is 4.74 Å². The number of carbonyl (C=O) groups excluding carboxylic acids is 1. The highest BCUT2D eigenvalue weighted by Crippen LogP contribution is 2.14. The maximum atomic E-state index is 11.9. The van der Waals surface area contributed by atoms with Crippen LogP contribution in [0.15, 0.2) is 29.8 Å². The molecular weight excluding hydrogens is 272 g/mol. The highest BCUT2D eigenvalue weighted by atomic mass is 16.5. The van der Waals surface area contributed by atoms with E-state index in [-0.39, 0.29) is 0 Å². The van der Waals surface area contributed by atoms with Gasteiger partial charge in [0.1, 0.15) is 5.57 Å². The lowest BCUT2D eigenvalue weighted by molar-refractivity contribution is -0.135. The fraction of sp³-hybridized carbons (Fsp3) is 0.350. The van der Waals surface area contributed by atoms with Gasteiger partial charge in [-0.2, -0.15) is 0 Å². The van der Waals surface area contributed by atoms with Gasteiger partial charge in [-0.1, -0.05) is 43.0 Å². The van der Waals surface area contributed by atoms with Crippen LogP contribution in [0, 0.1) is 24.2 Å². The van der Waals surface area contributed by atoms with E-state index < -0.39 is 5.97 Å². The molecule has 0 aromatic heterocycles. The average Bonchev–Trinajstić information content (AvgIpc) is 2.56. The third-order valence-electron chi connectivity index (χ3n) is 3.24. The molecule has 0 amide bonds. The fourth-order valence-corrected chi connectivity index (χ4v) is 2.01. The van der Waals surface area contributed by atoms with Crippen molar-refractivity contribution in [1.29, 1.82) is 0 Å². The first-order valence-electron chi connectivity index (χ1n) is 7.53. The van der Waals surface area contributed by atoms with Crippen LogP contribution < -0.4 is 0 Å². The van der Waals surface area contributed by atoms with E-state index in [9.17, 15) is 4.79 Å². The Labute approximate surface area is 133 Å². The number of ether oxygens (including phenoxy) is 1. The molecule has 0 saturated heterocycles. The molecule has 2 heteroatoms. The summed E-state index contributed by atoms with van der Waals surface area (Å²) in [4.78, 5) is 11.9. The average molecular weight is 294 g/mol. The van der Waals surface area contributed by atoms with Crippen LogP contribution in [0.2, 0.25) is 0 Å². The van der Waals surface area contributed by atoms with Crippen LogP contribution in [-0.4, -0.2) is 13.1 Å². The molecule has 0 heterocycles. The largest absolute Gasteiger partial charge is 0.465 e. The number of esters is 1. The van der Waals surface area contributed by atoms with E-state index in [0.717, 1.165) is 37.7 Å². The number of aryl methyl sites for hydroxylation is 1. The van der Waals surface area contributed by atoms with Crippen LogP contribution in [0.4, 0.5) is 0 Å². The van der Waals surface area contributed by atoms with Crippen molar-refractivity contribution in [3.63, 3.8) is 0 Å². The summed E-state index contributed by atoms with van der Waals surface area (Å²) in [5.74, 6) is 8.17. The zero-order valence-corrected chi connectivity index (χ0v) is 13.3. The predicted octanol–water partition coefficient (Wildman–Crippen LogP) is 4.00. The second-order valence-electron chi connectivity index (χ2n) is 4.81. The monoisotopic (exact) mass is 294 g/mol. The van der Waals surface area contributed by atoms with Gasteiger partial charge in [0.25, 0.3) is 0 Å². The van der Waals surface area contributed by atoms with Gasteiger partial charge in [-0.3, -0.25) is 0 Å². The number of unbranched alkanes of at least 4 members (excludes halogenated alkanes) is 3. The maximum Gasteiger partial charge on any atom is 0.346 e. The zero-order chi connectivity index (χ0) is 16.2. The summed E-state index contributed by atoms with van der Waals surface area (Å²) in [5.41, 5.74) is 2.58. The number of benzene rings is 1.